The van der Waals surface area contributed by atoms with Crippen molar-refractivity contribution in [3.8, 4) is 5.75 Å². The van der Waals surface area contributed by atoms with Gasteiger partial charge in [0.15, 0.2) is 0 Å². The van der Waals surface area contributed by atoms with Crippen LogP contribution in [0, 0.1) is 0 Å². The topological polar surface area (TPSA) is 46.5 Å². The minimum Gasteiger partial charge on any atom is -0.494 e. The van der Waals surface area contributed by atoms with E-state index in [4.69, 9.17) is 9.84 Å². The van der Waals surface area contributed by atoms with Crippen LogP contribution in [0.5, 0.6) is 5.75 Å². The molecule has 0 bridgehead atoms. The molecule has 0 heterocycles. The Kier molecular flexibility index (Phi) is 6.01. The maximum absolute atomic E-state index is 11.0. The SMILES string of the molecule is C=CCCCCCCOc1ccc2cc(C(=O)O)ccc2c1. The summed E-state index contributed by atoms with van der Waals surface area (Å²) in [5.74, 6) is -0.0691. The monoisotopic (exact) mass is 298 g/mol. The van der Waals surface area contributed by atoms with Gasteiger partial charge in [-0.1, -0.05) is 31.1 Å². The van der Waals surface area contributed by atoms with Crippen molar-refractivity contribution in [3.05, 3.63) is 54.6 Å². The first-order valence-electron chi connectivity index (χ1n) is 7.71. The van der Waals surface area contributed by atoms with Gasteiger partial charge in [-0.05, 0) is 54.3 Å². The van der Waals surface area contributed by atoms with Gasteiger partial charge in [0.2, 0.25) is 0 Å². The van der Waals surface area contributed by atoms with Crippen LogP contribution in [0.1, 0.15) is 42.5 Å². The molecule has 0 radical (unpaired) electrons. The molecule has 0 amide bonds. The van der Waals surface area contributed by atoms with Gasteiger partial charge < -0.3 is 9.84 Å². The zero-order chi connectivity index (χ0) is 15.8. The molecule has 0 fully saturated rings. The summed E-state index contributed by atoms with van der Waals surface area (Å²) in [6, 6.07) is 10.9. The largest absolute Gasteiger partial charge is 0.494 e. The molecule has 0 aliphatic carbocycles. The fraction of sp³-hybridized carbons (Fsp3) is 0.316. The fourth-order valence-corrected chi connectivity index (χ4v) is 2.38. The van der Waals surface area contributed by atoms with Gasteiger partial charge in [-0.3, -0.25) is 0 Å². The van der Waals surface area contributed by atoms with E-state index in [1.807, 2.05) is 30.3 Å². The quantitative estimate of drug-likeness (QED) is 0.520. The van der Waals surface area contributed by atoms with Gasteiger partial charge in [-0.2, -0.15) is 0 Å². The third-order valence-corrected chi connectivity index (χ3v) is 3.63. The van der Waals surface area contributed by atoms with Crippen LogP contribution in [0.4, 0.5) is 0 Å². The standard InChI is InChI=1S/C19H22O3/c1-2-3-4-5-6-7-12-22-18-11-10-15-13-17(19(20)21)9-8-16(15)14-18/h2,8-11,13-14H,1,3-7,12H2,(H,20,21). The van der Waals surface area contributed by atoms with Crippen LogP contribution >= 0.6 is 0 Å². The lowest BCUT2D eigenvalue weighted by Crippen LogP contribution is -1.98. The Morgan fingerprint density at radius 2 is 1.77 bits per heavy atom. The molecule has 0 saturated carbocycles. The zero-order valence-electron chi connectivity index (χ0n) is 12.8. The van der Waals surface area contributed by atoms with Gasteiger partial charge in [0.1, 0.15) is 5.75 Å². The first-order valence-corrected chi connectivity index (χ1v) is 7.71. The van der Waals surface area contributed by atoms with Crippen LogP contribution in [-0.4, -0.2) is 17.7 Å². The number of rotatable bonds is 9. The first kappa shape index (κ1) is 16.1. The Morgan fingerprint density at radius 1 is 1.05 bits per heavy atom. The van der Waals surface area contributed by atoms with E-state index in [0.717, 1.165) is 29.4 Å². The lowest BCUT2D eigenvalue weighted by Gasteiger charge is -2.07. The van der Waals surface area contributed by atoms with Gasteiger partial charge in [0, 0.05) is 0 Å². The molecule has 3 nitrogen and oxygen atoms in total. The number of carbonyl (C=O) groups is 1. The van der Waals surface area contributed by atoms with Crippen LogP contribution in [0.25, 0.3) is 10.8 Å². The summed E-state index contributed by atoms with van der Waals surface area (Å²) in [7, 11) is 0. The zero-order valence-corrected chi connectivity index (χ0v) is 12.8. The number of ether oxygens (including phenoxy) is 1. The van der Waals surface area contributed by atoms with E-state index in [0.29, 0.717) is 12.2 Å². The highest BCUT2D eigenvalue weighted by atomic mass is 16.5. The Hall–Kier alpha value is -2.29. The molecule has 0 atom stereocenters. The minimum absolute atomic E-state index is 0.306. The summed E-state index contributed by atoms with van der Waals surface area (Å²) < 4.78 is 5.76. The highest BCUT2D eigenvalue weighted by Gasteiger charge is 2.04. The molecule has 0 spiro atoms. The number of fused-ring (bicyclic) bond motifs is 1. The van der Waals surface area contributed by atoms with Crippen LogP contribution in [0.3, 0.4) is 0 Å². The smallest absolute Gasteiger partial charge is 0.335 e. The van der Waals surface area contributed by atoms with Gasteiger partial charge >= 0.3 is 5.97 Å². The molecule has 0 saturated heterocycles. The number of benzene rings is 2. The number of hydrogen-bond acceptors (Lipinski definition) is 2. The summed E-state index contributed by atoms with van der Waals surface area (Å²) in [6.07, 6.45) is 7.68. The fourth-order valence-electron chi connectivity index (χ4n) is 2.38. The molecule has 1 N–H and O–H groups in total. The van der Waals surface area contributed by atoms with Crippen LogP contribution < -0.4 is 4.74 Å². The molecule has 2 aromatic rings. The minimum atomic E-state index is -0.904. The van der Waals surface area contributed by atoms with E-state index >= 15 is 0 Å². The summed E-state index contributed by atoms with van der Waals surface area (Å²) in [5.41, 5.74) is 0.306. The predicted octanol–water partition coefficient (Wildman–Crippen LogP) is 5.05. The van der Waals surface area contributed by atoms with E-state index in [9.17, 15) is 4.79 Å². The van der Waals surface area contributed by atoms with Crippen molar-refractivity contribution in [2.24, 2.45) is 0 Å². The molecule has 0 aliphatic heterocycles. The first-order chi connectivity index (χ1) is 10.7. The third-order valence-electron chi connectivity index (χ3n) is 3.63. The molecule has 0 unspecified atom stereocenters. The summed E-state index contributed by atoms with van der Waals surface area (Å²) in [4.78, 5) is 11.0. The molecule has 3 heteroatoms. The lowest BCUT2D eigenvalue weighted by molar-refractivity contribution is 0.0697. The summed E-state index contributed by atoms with van der Waals surface area (Å²) >= 11 is 0. The Bertz CT molecular complexity index is 646. The Morgan fingerprint density at radius 3 is 2.55 bits per heavy atom. The van der Waals surface area contributed by atoms with Crippen molar-refractivity contribution in [2.45, 2.75) is 32.1 Å². The molecule has 0 aromatic heterocycles. The number of hydrogen-bond donors (Lipinski definition) is 1. The molecular formula is C19H22O3. The third kappa shape index (κ3) is 4.62. The van der Waals surface area contributed by atoms with E-state index in [1.165, 1.54) is 19.3 Å². The summed E-state index contributed by atoms with van der Waals surface area (Å²) in [5, 5.41) is 10.9. The average molecular weight is 298 g/mol. The normalized spacial score (nSPS) is 10.5. The van der Waals surface area contributed by atoms with Crippen molar-refractivity contribution in [1.29, 1.82) is 0 Å². The number of allylic oxidation sites excluding steroid dienone is 1. The van der Waals surface area contributed by atoms with Gasteiger partial charge in [-0.25, -0.2) is 4.79 Å². The molecule has 2 aromatic carbocycles. The molecule has 22 heavy (non-hydrogen) atoms. The second-order valence-electron chi connectivity index (χ2n) is 5.37. The van der Waals surface area contributed by atoms with E-state index < -0.39 is 5.97 Å². The van der Waals surface area contributed by atoms with Gasteiger partial charge in [0.25, 0.3) is 0 Å². The molecule has 0 aliphatic rings. The summed E-state index contributed by atoms with van der Waals surface area (Å²) in [6.45, 7) is 4.43. The second-order valence-corrected chi connectivity index (χ2v) is 5.37. The maximum atomic E-state index is 11.0. The van der Waals surface area contributed by atoms with Crippen molar-refractivity contribution >= 4 is 16.7 Å². The highest BCUT2D eigenvalue weighted by Crippen LogP contribution is 2.22. The van der Waals surface area contributed by atoms with E-state index in [1.54, 1.807) is 12.1 Å². The van der Waals surface area contributed by atoms with E-state index in [2.05, 4.69) is 6.58 Å². The Labute approximate surface area is 131 Å². The van der Waals surface area contributed by atoms with Crippen molar-refractivity contribution in [1.82, 2.24) is 0 Å². The van der Waals surface area contributed by atoms with E-state index in [-0.39, 0.29) is 0 Å². The lowest BCUT2D eigenvalue weighted by atomic mass is 10.1. The maximum Gasteiger partial charge on any atom is 0.335 e. The molecule has 2 rings (SSSR count). The number of carboxylic acid groups (broad SMARTS) is 1. The van der Waals surface area contributed by atoms with Gasteiger partial charge in [-0.15, -0.1) is 6.58 Å². The average Bonchev–Trinajstić information content (AvgIpc) is 2.53. The van der Waals surface area contributed by atoms with Gasteiger partial charge in [0.05, 0.1) is 12.2 Å². The van der Waals surface area contributed by atoms with Crippen molar-refractivity contribution < 1.29 is 14.6 Å². The van der Waals surface area contributed by atoms with Crippen LogP contribution in [-0.2, 0) is 0 Å². The number of aromatic carboxylic acids is 1. The Balaban J connectivity index is 1.86. The number of carboxylic acids is 1. The highest BCUT2D eigenvalue weighted by molar-refractivity contribution is 5.94. The van der Waals surface area contributed by atoms with Crippen LogP contribution in [0.15, 0.2) is 49.1 Å². The predicted molar refractivity (Wildman–Crippen MR) is 89.7 cm³/mol. The van der Waals surface area contributed by atoms with Crippen molar-refractivity contribution in [2.75, 3.05) is 6.61 Å². The molecular weight excluding hydrogens is 276 g/mol. The van der Waals surface area contributed by atoms with Crippen molar-refractivity contribution in [3.63, 3.8) is 0 Å². The number of unbranched alkanes of at least 4 members (excludes halogenated alkanes) is 4. The molecule has 116 valence electrons. The second kappa shape index (κ2) is 8.23. The van der Waals surface area contributed by atoms with Crippen LogP contribution in [0.2, 0.25) is 0 Å².